The van der Waals surface area contributed by atoms with E-state index in [9.17, 15) is 62.9 Å². The lowest BCUT2D eigenvalue weighted by atomic mass is 10.1. The van der Waals surface area contributed by atoms with E-state index in [1.54, 1.807) is 111 Å². The number of ether oxygens (including phenoxy) is 8. The molecule has 0 aliphatic carbocycles. The number of halogens is 4. The Morgan fingerprint density at radius 3 is 0.393 bits per heavy atom. The molecule has 4 rings (SSSR count). The third-order valence-electron chi connectivity index (χ3n) is 9.11. The van der Waals surface area contributed by atoms with Crippen LogP contribution in [0.4, 0.5) is 0 Å². The Morgan fingerprint density at radius 1 is 0.226 bits per heavy atom. The van der Waals surface area contributed by atoms with Crippen molar-refractivity contribution < 1.29 is 101 Å². The van der Waals surface area contributed by atoms with Gasteiger partial charge in [0.15, 0.2) is 0 Å². The lowest BCUT2D eigenvalue weighted by molar-refractivity contribution is 0.0353. The van der Waals surface area contributed by atoms with Crippen molar-refractivity contribution in [2.24, 2.45) is 0 Å². The fourth-order valence-electron chi connectivity index (χ4n) is 6.27. The van der Waals surface area contributed by atoms with Gasteiger partial charge in [0, 0.05) is 0 Å². The van der Waals surface area contributed by atoms with Gasteiger partial charge in [-0.25, -0.2) is 62.9 Å². The average Bonchev–Trinajstić information content (AvgIpc) is 3.50. The molecule has 0 amide bonds. The Morgan fingerprint density at radius 2 is 0.321 bits per heavy atom. The number of hydrogen-bond acceptors (Lipinski definition) is 24. The van der Waals surface area contributed by atoms with E-state index in [2.05, 4.69) is 0 Å². The van der Waals surface area contributed by atoms with Crippen molar-refractivity contribution in [3.63, 3.8) is 0 Å². The maximum Gasteiger partial charge on any atom is 0.342 e. The highest BCUT2D eigenvalue weighted by atomic mass is 127. The second-order valence-electron chi connectivity index (χ2n) is 19.2. The molecule has 0 fully saturated rings. The molecule has 464 valence electrons. The summed E-state index contributed by atoms with van der Waals surface area (Å²) in [7, 11) is 0. The lowest BCUT2D eigenvalue weighted by Crippen LogP contribution is -2.17. The van der Waals surface area contributed by atoms with Crippen molar-refractivity contribution >= 4 is 127 Å². The van der Waals surface area contributed by atoms with Gasteiger partial charge < -0.3 is 37.9 Å². The maximum absolute atomic E-state index is 12.0. The number of rotatable bonds is 20. The van der Waals surface area contributed by atoms with Crippen LogP contribution in [0.1, 0.15) is 194 Å². The highest BCUT2D eigenvalue weighted by Crippen LogP contribution is 2.32. The largest absolute Gasteiger partial charge is 0.459 e. The minimum Gasteiger partial charge on any atom is -0.459 e. The Balaban J connectivity index is 0.000000560. The van der Waals surface area contributed by atoms with Crippen LogP contribution in [-0.4, -0.2) is 96.6 Å². The normalized spacial score (nSPS) is 11.0. The predicted molar refractivity (Wildman–Crippen MR) is 327 cm³/mol. The summed E-state index contributed by atoms with van der Waals surface area (Å²) in [6.07, 6.45) is -3.13. The van der Waals surface area contributed by atoms with Crippen molar-refractivity contribution in [3.8, 4) is 0 Å². The van der Waals surface area contributed by atoms with Crippen LogP contribution in [0.2, 0.25) is 0 Å². The van der Waals surface area contributed by atoms with Gasteiger partial charge in [0.25, 0.3) is 0 Å². The van der Waals surface area contributed by atoms with E-state index in [-0.39, 0.29) is 58.8 Å². The van der Waals surface area contributed by atoms with Crippen LogP contribution in [0.3, 0.4) is 0 Å². The van der Waals surface area contributed by atoms with Gasteiger partial charge in [0.2, 0.25) is 0 Å². The first-order valence-corrected chi connectivity index (χ1v) is 36.7. The molecule has 4 aromatic carbocycles. The van der Waals surface area contributed by atoms with Crippen LogP contribution < -0.4 is 0 Å². The standard InChI is InChI=1S/4C14H17IO6/c4*1-8(2)20-13(16)10-6-5-7-11(12(10)15(18)19)14(17)21-9(3)4/h4*5-9H,1-4H3. The third-order valence-corrected chi connectivity index (χ3v) is 17.3. The molecule has 4 aromatic rings. The second-order valence-corrected chi connectivity index (χ2v) is 28.4. The molecule has 0 bridgehead atoms. The summed E-state index contributed by atoms with van der Waals surface area (Å²) in [5, 5.41) is 0. The molecule has 0 saturated carbocycles. The van der Waals surface area contributed by atoms with E-state index in [0.29, 0.717) is 0 Å². The van der Waals surface area contributed by atoms with Crippen LogP contribution in [0, 0.1) is 14.3 Å². The van der Waals surface area contributed by atoms with Crippen LogP contribution in [0.25, 0.3) is 0 Å². The van der Waals surface area contributed by atoms with E-state index in [4.69, 9.17) is 37.9 Å². The molecule has 0 unspecified atom stereocenters. The van der Waals surface area contributed by atoms with Crippen molar-refractivity contribution in [3.05, 3.63) is 132 Å². The third kappa shape index (κ3) is 25.3. The SMILES string of the molecule is CC(C)OC(=O)c1cccc(C(=O)OC(C)C)c1I(=O)=O.CC(C)OC(=O)c1cccc(C(=O)OC(C)C)c1I(=O)=O.CC(C)OC(=O)c1cccc(C(=O)OC(C)C)c1I(=O)=O.CC(C)OC(=O)c1cccc(C(=O)OC(C)C)c1I(=O)=O. The van der Waals surface area contributed by atoms with Crippen LogP contribution in [0.5, 0.6) is 0 Å². The molecule has 24 nitrogen and oxygen atoms in total. The smallest absolute Gasteiger partial charge is 0.342 e. The van der Waals surface area contributed by atoms with E-state index < -0.39 is 176 Å². The number of esters is 8. The molecular weight excluding hydrogens is 1560 g/mol. The Kier molecular flexibility index (Phi) is 33.2. The summed E-state index contributed by atoms with van der Waals surface area (Å²) in [6, 6.07) is 16.3. The zero-order valence-corrected chi connectivity index (χ0v) is 57.5. The molecule has 0 heterocycles. The second kappa shape index (κ2) is 36.7. The summed E-state index contributed by atoms with van der Waals surface area (Å²) in [4.78, 5) is 95.6. The van der Waals surface area contributed by atoms with Crippen molar-refractivity contribution in [2.75, 3.05) is 0 Å². The van der Waals surface area contributed by atoms with Gasteiger partial charge in [0.05, 0.1) is 93.3 Å². The summed E-state index contributed by atoms with van der Waals surface area (Å²) in [6.45, 7) is 26.4. The Hall–Kier alpha value is -6.04. The fourth-order valence-corrected chi connectivity index (χ4v) is 13.3. The molecule has 0 spiro atoms. The molecule has 0 aromatic heterocycles. The van der Waals surface area contributed by atoms with Crippen LogP contribution >= 0.6 is 79.2 Å². The molecule has 28 heteroatoms. The van der Waals surface area contributed by atoms with Gasteiger partial charge in [-0.3, -0.25) is 0 Å². The minimum atomic E-state index is -4.09. The van der Waals surface area contributed by atoms with Crippen molar-refractivity contribution in [1.82, 2.24) is 0 Å². The van der Waals surface area contributed by atoms with E-state index in [1.165, 1.54) is 72.8 Å². The molecule has 0 aliphatic heterocycles. The number of carbonyl (C=O) groups excluding carboxylic acids is 8. The predicted octanol–water partition coefficient (Wildman–Crippen LogP) is 12.7. The molecule has 0 radical (unpaired) electrons. The first-order valence-electron chi connectivity index (χ1n) is 25.4. The van der Waals surface area contributed by atoms with E-state index in [1.807, 2.05) is 0 Å². The number of benzene rings is 4. The van der Waals surface area contributed by atoms with Crippen molar-refractivity contribution in [2.45, 2.75) is 160 Å². The highest BCUT2D eigenvalue weighted by Gasteiger charge is 2.29. The van der Waals surface area contributed by atoms with Gasteiger partial charge in [-0.05, 0) is 159 Å². The molecule has 0 N–H and O–H groups in total. The quantitative estimate of drug-likeness (QED) is 0.0450. The van der Waals surface area contributed by atoms with Gasteiger partial charge >= 0.3 is 127 Å². The van der Waals surface area contributed by atoms with Gasteiger partial charge in [-0.15, -0.1) is 0 Å². The topological polar surface area (TPSA) is 347 Å². The Labute approximate surface area is 514 Å². The first kappa shape index (κ1) is 76.0. The monoisotopic (exact) mass is 1630 g/mol. The minimum absolute atomic E-state index is 0.128. The van der Waals surface area contributed by atoms with E-state index in [0.717, 1.165) is 0 Å². The van der Waals surface area contributed by atoms with E-state index >= 15 is 0 Å². The van der Waals surface area contributed by atoms with Crippen molar-refractivity contribution in [1.29, 1.82) is 0 Å². The lowest BCUT2D eigenvalue weighted by Gasteiger charge is -2.12. The highest BCUT2D eigenvalue weighted by molar-refractivity contribution is 14.2. The average molecular weight is 1630 g/mol. The van der Waals surface area contributed by atoms with Gasteiger partial charge in [-0.2, -0.15) is 0 Å². The zero-order valence-electron chi connectivity index (χ0n) is 48.9. The first-order chi connectivity index (χ1) is 38.9. The number of carbonyl (C=O) groups is 8. The summed E-state index contributed by atoms with van der Waals surface area (Å²) in [5.74, 6) is -6.16. The van der Waals surface area contributed by atoms with Crippen LogP contribution in [-0.2, 0) is 62.4 Å². The van der Waals surface area contributed by atoms with Gasteiger partial charge in [-0.1, -0.05) is 24.3 Å². The molecular formula is C56H68I4O24. The molecule has 0 atom stereocenters. The fraction of sp³-hybridized carbons (Fsp3) is 0.429. The summed E-state index contributed by atoms with van der Waals surface area (Å²) < 4.78 is 131. The summed E-state index contributed by atoms with van der Waals surface area (Å²) >= 11 is -16.4. The number of hydrogen-bond donors (Lipinski definition) is 0. The molecule has 0 saturated heterocycles. The zero-order chi connectivity index (χ0) is 64.6. The maximum atomic E-state index is 12.0. The van der Waals surface area contributed by atoms with Crippen LogP contribution in [0.15, 0.2) is 72.8 Å². The molecule has 84 heavy (non-hydrogen) atoms. The van der Waals surface area contributed by atoms with Gasteiger partial charge in [0.1, 0.15) is 14.3 Å². The summed E-state index contributed by atoms with van der Waals surface area (Å²) in [5.41, 5.74) is -1.02. The molecule has 0 aliphatic rings. The Bertz CT molecular complexity index is 2710.